The third-order valence-corrected chi connectivity index (χ3v) is 6.29. The fourth-order valence-corrected chi connectivity index (χ4v) is 4.42. The van der Waals surface area contributed by atoms with Gasteiger partial charge in [-0.3, -0.25) is 9.59 Å². The number of carbonyl (C=O) groups excluding carboxylic acids is 1. The zero-order valence-corrected chi connectivity index (χ0v) is 17.7. The number of nitrogens with one attached hydrogen (secondary N) is 2. The Bertz CT molecular complexity index is 1200. The largest absolute Gasteiger partial charge is 0.487 e. The molecular formula is C22H22N2O6S. The SMILES string of the molecule is CS(=O)(=O)CCC(NCc1ccc2c(c1)COC2=C1C(=O)Nc2ccccc21)C(=O)O. The molecule has 3 N–H and O–H groups in total. The molecule has 1 unspecified atom stereocenters. The van der Waals surface area contributed by atoms with E-state index in [0.717, 1.165) is 34.2 Å². The second-order valence-electron chi connectivity index (χ2n) is 7.67. The lowest BCUT2D eigenvalue weighted by Gasteiger charge is -2.14. The highest BCUT2D eigenvalue weighted by Crippen LogP contribution is 2.41. The van der Waals surface area contributed by atoms with Gasteiger partial charge in [-0.2, -0.15) is 0 Å². The van der Waals surface area contributed by atoms with Crippen LogP contribution < -0.4 is 10.6 Å². The Morgan fingerprint density at radius 1 is 1.23 bits per heavy atom. The summed E-state index contributed by atoms with van der Waals surface area (Å²) >= 11 is 0. The lowest BCUT2D eigenvalue weighted by Crippen LogP contribution is -2.37. The average molecular weight is 442 g/mol. The molecular weight excluding hydrogens is 420 g/mol. The van der Waals surface area contributed by atoms with Crippen molar-refractivity contribution in [3.8, 4) is 0 Å². The Morgan fingerprint density at radius 2 is 2.00 bits per heavy atom. The third-order valence-electron chi connectivity index (χ3n) is 5.31. The third kappa shape index (κ3) is 4.47. The number of ether oxygens (including phenoxy) is 1. The normalized spacial score (nSPS) is 18.2. The number of anilines is 1. The van der Waals surface area contributed by atoms with Gasteiger partial charge in [0, 0.05) is 35.2 Å². The van der Waals surface area contributed by atoms with Crippen LogP contribution in [0.15, 0.2) is 42.5 Å². The van der Waals surface area contributed by atoms with E-state index in [4.69, 9.17) is 4.74 Å². The maximum absolute atomic E-state index is 12.5. The number of fused-ring (bicyclic) bond motifs is 2. The Balaban J connectivity index is 1.53. The summed E-state index contributed by atoms with van der Waals surface area (Å²) in [4.78, 5) is 23.9. The fourth-order valence-electron chi connectivity index (χ4n) is 3.76. The van der Waals surface area contributed by atoms with Crippen LogP contribution in [0.3, 0.4) is 0 Å². The second kappa shape index (κ2) is 8.16. The molecule has 0 saturated carbocycles. The molecule has 1 amide bonds. The van der Waals surface area contributed by atoms with Crippen molar-refractivity contribution in [1.82, 2.24) is 5.32 Å². The summed E-state index contributed by atoms with van der Waals surface area (Å²) in [5.74, 6) is -0.959. The fraction of sp³-hybridized carbons (Fsp3) is 0.273. The minimum atomic E-state index is -3.24. The van der Waals surface area contributed by atoms with Crippen LogP contribution in [0, 0.1) is 0 Å². The van der Waals surface area contributed by atoms with Crippen molar-refractivity contribution in [3.63, 3.8) is 0 Å². The van der Waals surface area contributed by atoms with Gasteiger partial charge in [0.05, 0.1) is 11.3 Å². The number of para-hydroxylation sites is 1. The topological polar surface area (TPSA) is 122 Å². The summed E-state index contributed by atoms with van der Waals surface area (Å²) < 4.78 is 28.5. The minimum absolute atomic E-state index is 0.00696. The Hall–Kier alpha value is -3.17. The van der Waals surface area contributed by atoms with Crippen molar-refractivity contribution in [2.24, 2.45) is 0 Å². The van der Waals surface area contributed by atoms with E-state index in [1.165, 1.54) is 0 Å². The van der Waals surface area contributed by atoms with E-state index in [0.29, 0.717) is 17.9 Å². The van der Waals surface area contributed by atoms with Gasteiger partial charge in [0.1, 0.15) is 28.2 Å². The number of carbonyl (C=O) groups is 2. The molecule has 0 aliphatic carbocycles. The smallest absolute Gasteiger partial charge is 0.320 e. The lowest BCUT2D eigenvalue weighted by molar-refractivity contribution is -0.139. The first kappa shape index (κ1) is 21.1. The van der Waals surface area contributed by atoms with Crippen molar-refractivity contribution in [2.75, 3.05) is 17.3 Å². The molecule has 1 atom stereocenters. The maximum Gasteiger partial charge on any atom is 0.320 e. The number of aliphatic carboxylic acids is 1. The highest BCUT2D eigenvalue weighted by Gasteiger charge is 2.32. The molecule has 0 bridgehead atoms. The predicted octanol–water partition coefficient (Wildman–Crippen LogP) is 2.01. The van der Waals surface area contributed by atoms with Crippen LogP contribution in [0.4, 0.5) is 5.69 Å². The van der Waals surface area contributed by atoms with E-state index < -0.39 is 21.8 Å². The summed E-state index contributed by atoms with van der Waals surface area (Å²) in [5, 5.41) is 15.1. The lowest BCUT2D eigenvalue weighted by atomic mass is 9.99. The monoisotopic (exact) mass is 442 g/mol. The molecule has 0 aromatic heterocycles. The van der Waals surface area contributed by atoms with Crippen LogP contribution in [0.25, 0.3) is 11.3 Å². The molecule has 2 aliphatic heterocycles. The van der Waals surface area contributed by atoms with Gasteiger partial charge in [0.25, 0.3) is 5.91 Å². The average Bonchev–Trinajstić information content (AvgIpc) is 3.25. The van der Waals surface area contributed by atoms with E-state index >= 15 is 0 Å². The molecule has 0 fully saturated rings. The Labute approximate surface area is 179 Å². The van der Waals surface area contributed by atoms with Gasteiger partial charge in [-0.1, -0.05) is 36.4 Å². The molecule has 2 aromatic rings. The summed E-state index contributed by atoms with van der Waals surface area (Å²) in [6.07, 6.45) is 1.08. The maximum atomic E-state index is 12.5. The zero-order chi connectivity index (χ0) is 22.2. The molecule has 2 aliphatic rings. The number of amides is 1. The summed E-state index contributed by atoms with van der Waals surface area (Å²) in [5.41, 5.74) is 4.64. The molecule has 0 spiro atoms. The standard InChI is InChI=1S/C22H22N2O6S/c1-31(28,29)9-8-18(22(26)27)23-11-13-6-7-15-14(10-13)12-30-20(15)19-16-4-2-3-5-17(16)24-21(19)25/h2-7,10,18,23H,8-9,11-12H2,1H3,(H,24,25)(H,26,27). The molecule has 0 saturated heterocycles. The molecule has 9 heteroatoms. The molecule has 2 aromatic carbocycles. The van der Waals surface area contributed by atoms with E-state index in [2.05, 4.69) is 10.6 Å². The molecule has 8 nitrogen and oxygen atoms in total. The number of sulfone groups is 1. The van der Waals surface area contributed by atoms with Crippen molar-refractivity contribution in [1.29, 1.82) is 0 Å². The van der Waals surface area contributed by atoms with Gasteiger partial charge in [0.2, 0.25) is 0 Å². The molecule has 4 rings (SSSR count). The molecule has 162 valence electrons. The summed E-state index contributed by atoms with van der Waals surface area (Å²) in [6, 6.07) is 12.1. The summed E-state index contributed by atoms with van der Waals surface area (Å²) in [7, 11) is -3.24. The van der Waals surface area contributed by atoms with E-state index in [1.54, 1.807) is 0 Å². The van der Waals surface area contributed by atoms with Gasteiger partial charge < -0.3 is 20.5 Å². The quantitative estimate of drug-likeness (QED) is 0.561. The van der Waals surface area contributed by atoms with Crippen molar-refractivity contribution in [3.05, 3.63) is 64.7 Å². The Kier molecular flexibility index (Phi) is 5.55. The van der Waals surface area contributed by atoms with Crippen LogP contribution in [0.2, 0.25) is 0 Å². The van der Waals surface area contributed by atoms with Crippen LogP contribution in [0.5, 0.6) is 0 Å². The highest BCUT2D eigenvalue weighted by molar-refractivity contribution is 7.90. The molecule has 0 radical (unpaired) electrons. The van der Waals surface area contributed by atoms with Crippen LogP contribution in [-0.2, 0) is 37.3 Å². The van der Waals surface area contributed by atoms with E-state index in [-0.39, 0.29) is 24.6 Å². The predicted molar refractivity (Wildman–Crippen MR) is 116 cm³/mol. The minimum Gasteiger partial charge on any atom is -0.487 e. The van der Waals surface area contributed by atoms with Gasteiger partial charge in [-0.15, -0.1) is 0 Å². The number of benzene rings is 2. The van der Waals surface area contributed by atoms with Crippen LogP contribution in [-0.4, -0.2) is 43.5 Å². The first-order chi connectivity index (χ1) is 14.7. The number of rotatable bonds is 7. The van der Waals surface area contributed by atoms with Gasteiger partial charge in [0.15, 0.2) is 0 Å². The van der Waals surface area contributed by atoms with Crippen molar-refractivity contribution >= 4 is 38.7 Å². The highest BCUT2D eigenvalue weighted by atomic mass is 32.2. The van der Waals surface area contributed by atoms with Gasteiger partial charge in [-0.25, -0.2) is 8.42 Å². The number of carboxylic acid groups (broad SMARTS) is 1. The van der Waals surface area contributed by atoms with Crippen LogP contribution in [0.1, 0.15) is 28.7 Å². The van der Waals surface area contributed by atoms with E-state index in [1.807, 2.05) is 42.5 Å². The van der Waals surface area contributed by atoms with Gasteiger partial charge >= 0.3 is 5.97 Å². The number of hydrogen-bond donors (Lipinski definition) is 3. The van der Waals surface area contributed by atoms with E-state index in [9.17, 15) is 23.1 Å². The van der Waals surface area contributed by atoms with Crippen molar-refractivity contribution < 1.29 is 27.9 Å². The van der Waals surface area contributed by atoms with Gasteiger partial charge in [-0.05, 0) is 18.1 Å². The molecule has 2 heterocycles. The Morgan fingerprint density at radius 3 is 2.74 bits per heavy atom. The first-order valence-corrected chi connectivity index (χ1v) is 11.8. The second-order valence-corrected chi connectivity index (χ2v) is 9.93. The summed E-state index contributed by atoms with van der Waals surface area (Å²) in [6.45, 7) is 0.580. The number of carboxylic acids is 1. The van der Waals surface area contributed by atoms with Crippen LogP contribution >= 0.6 is 0 Å². The zero-order valence-electron chi connectivity index (χ0n) is 16.8. The molecule has 31 heavy (non-hydrogen) atoms. The number of hydrogen-bond acceptors (Lipinski definition) is 6. The first-order valence-electron chi connectivity index (χ1n) is 9.77. The van der Waals surface area contributed by atoms with Crippen molar-refractivity contribution in [2.45, 2.75) is 25.6 Å².